The third-order valence-corrected chi connectivity index (χ3v) is 7.49. The van der Waals surface area contributed by atoms with E-state index in [4.69, 9.17) is 0 Å². The van der Waals surface area contributed by atoms with Crippen LogP contribution in [-0.4, -0.2) is 33.8 Å². The number of amides is 1. The number of aliphatic hydroxyl groups is 2. The van der Waals surface area contributed by atoms with E-state index in [-0.39, 0.29) is 17.2 Å². The van der Waals surface area contributed by atoms with Crippen molar-refractivity contribution in [2.75, 3.05) is 7.05 Å². The van der Waals surface area contributed by atoms with Gasteiger partial charge in [-0.2, -0.15) is 0 Å². The Balaban J connectivity index is 1.79. The Morgan fingerprint density at radius 2 is 2.07 bits per heavy atom. The average Bonchev–Trinajstić information content (AvgIpc) is 2.74. The fourth-order valence-electron chi connectivity index (χ4n) is 5.86. The number of pyridine rings is 1. The summed E-state index contributed by atoms with van der Waals surface area (Å²) in [6, 6.07) is 11.4. The number of rotatable bonds is 3. The van der Waals surface area contributed by atoms with Crippen LogP contribution in [0.4, 0.5) is 0 Å². The van der Waals surface area contributed by atoms with Crippen molar-refractivity contribution < 1.29 is 15.0 Å². The number of carbonyl (C=O) groups excluding carboxylic acids is 1. The fraction of sp³-hybridized carbons (Fsp3) is 0.500. The molecule has 1 fully saturated rings. The molecule has 4 unspecified atom stereocenters. The van der Waals surface area contributed by atoms with Crippen LogP contribution >= 0.6 is 0 Å². The molecule has 5 heteroatoms. The molecule has 2 aliphatic rings. The van der Waals surface area contributed by atoms with Crippen LogP contribution in [0, 0.1) is 5.92 Å². The Morgan fingerprint density at radius 3 is 2.72 bits per heavy atom. The van der Waals surface area contributed by atoms with E-state index in [1.807, 2.05) is 24.3 Å². The van der Waals surface area contributed by atoms with E-state index in [1.54, 1.807) is 26.2 Å². The highest BCUT2D eigenvalue weighted by Crippen LogP contribution is 2.59. The van der Waals surface area contributed by atoms with E-state index in [0.29, 0.717) is 24.1 Å². The highest BCUT2D eigenvalue weighted by Gasteiger charge is 2.61. The minimum absolute atomic E-state index is 0.0827. The maximum absolute atomic E-state index is 12.1. The molecule has 29 heavy (non-hydrogen) atoms. The number of carbonyl (C=O) groups is 1. The summed E-state index contributed by atoms with van der Waals surface area (Å²) in [5.74, 6) is 0.152. The van der Waals surface area contributed by atoms with Gasteiger partial charge in [0.1, 0.15) is 5.60 Å². The van der Waals surface area contributed by atoms with Gasteiger partial charge in [-0.15, -0.1) is 0 Å². The number of fused-ring (bicyclic) bond motifs is 3. The van der Waals surface area contributed by atoms with Crippen molar-refractivity contribution in [2.24, 2.45) is 5.92 Å². The molecule has 3 N–H and O–H groups in total. The molecule has 2 aliphatic carbocycles. The summed E-state index contributed by atoms with van der Waals surface area (Å²) in [5.41, 5.74) is 0.688. The molecule has 0 aliphatic heterocycles. The topological polar surface area (TPSA) is 82.5 Å². The van der Waals surface area contributed by atoms with E-state index >= 15 is 0 Å². The Hall–Kier alpha value is -2.24. The second kappa shape index (κ2) is 6.92. The Bertz CT molecular complexity index is 927. The highest BCUT2D eigenvalue weighted by molar-refractivity contribution is 5.94. The van der Waals surface area contributed by atoms with Crippen molar-refractivity contribution in [1.29, 1.82) is 0 Å². The molecule has 1 saturated carbocycles. The normalized spacial score (nSPS) is 33.5. The maximum atomic E-state index is 12.1. The summed E-state index contributed by atoms with van der Waals surface area (Å²) in [6.45, 7) is 3.90. The Kier molecular flexibility index (Phi) is 4.79. The van der Waals surface area contributed by atoms with Gasteiger partial charge < -0.3 is 15.5 Å². The lowest BCUT2D eigenvalue weighted by molar-refractivity contribution is -0.207. The van der Waals surface area contributed by atoms with Gasteiger partial charge in [0, 0.05) is 24.2 Å². The van der Waals surface area contributed by atoms with Crippen LogP contribution in [0.25, 0.3) is 0 Å². The van der Waals surface area contributed by atoms with Crippen molar-refractivity contribution in [1.82, 2.24) is 10.3 Å². The monoisotopic (exact) mass is 394 g/mol. The third kappa shape index (κ3) is 2.90. The minimum Gasteiger partial charge on any atom is -0.387 e. The smallest absolute Gasteiger partial charge is 0.251 e. The van der Waals surface area contributed by atoms with Crippen LogP contribution in [0.5, 0.6) is 0 Å². The first-order valence-corrected chi connectivity index (χ1v) is 10.5. The van der Waals surface area contributed by atoms with Crippen molar-refractivity contribution >= 4 is 5.91 Å². The van der Waals surface area contributed by atoms with E-state index in [9.17, 15) is 15.0 Å². The van der Waals surface area contributed by atoms with Gasteiger partial charge in [-0.25, -0.2) is 0 Å². The summed E-state index contributed by atoms with van der Waals surface area (Å²) in [7, 11) is 1.64. The first-order valence-electron chi connectivity index (χ1n) is 10.5. The van der Waals surface area contributed by atoms with E-state index in [2.05, 4.69) is 23.3 Å². The minimum atomic E-state index is -1.38. The molecule has 0 saturated heterocycles. The lowest BCUT2D eigenvalue weighted by Crippen LogP contribution is -2.62. The molecular weight excluding hydrogens is 364 g/mol. The quantitative estimate of drug-likeness (QED) is 0.747. The van der Waals surface area contributed by atoms with Gasteiger partial charge in [0.25, 0.3) is 5.91 Å². The summed E-state index contributed by atoms with van der Waals surface area (Å²) in [6.07, 6.45) is 5.26. The summed E-state index contributed by atoms with van der Waals surface area (Å²) >= 11 is 0. The number of benzene rings is 1. The Morgan fingerprint density at radius 1 is 1.28 bits per heavy atom. The van der Waals surface area contributed by atoms with Crippen LogP contribution in [0.1, 0.15) is 66.7 Å². The SMILES string of the molecule is CCC12CC(C)(O)C(O)(c3ccccn3)CC1CCc1cc(C(=O)NC)ccc12. The molecular formula is C24H30N2O3. The van der Waals surface area contributed by atoms with Crippen LogP contribution in [0.15, 0.2) is 42.6 Å². The van der Waals surface area contributed by atoms with Gasteiger partial charge in [-0.3, -0.25) is 9.78 Å². The van der Waals surface area contributed by atoms with Crippen molar-refractivity contribution in [3.8, 4) is 0 Å². The average molecular weight is 395 g/mol. The van der Waals surface area contributed by atoms with Crippen molar-refractivity contribution in [3.63, 3.8) is 0 Å². The first-order chi connectivity index (χ1) is 13.8. The zero-order valence-corrected chi connectivity index (χ0v) is 17.4. The van der Waals surface area contributed by atoms with Crippen LogP contribution < -0.4 is 5.32 Å². The standard InChI is InChI=1S/C24H30N2O3/c1-4-23-15-22(2,28)24(29,20-7-5-6-12-26-20)14-18(23)10-8-16-13-17(21(27)25-3)9-11-19(16)23/h5-7,9,11-13,18,28-29H,4,8,10,14-15H2,1-3H3,(H,25,27). The number of aryl methyl sites for hydroxylation is 1. The first kappa shape index (κ1) is 20.0. The molecule has 2 aromatic rings. The zero-order chi connectivity index (χ0) is 20.9. The molecule has 4 rings (SSSR count). The molecule has 5 nitrogen and oxygen atoms in total. The lowest BCUT2D eigenvalue weighted by atomic mass is 9.49. The van der Waals surface area contributed by atoms with E-state index in [0.717, 1.165) is 19.3 Å². The molecule has 1 aromatic carbocycles. The zero-order valence-electron chi connectivity index (χ0n) is 17.4. The molecule has 0 radical (unpaired) electrons. The summed E-state index contributed by atoms with van der Waals surface area (Å²) in [5, 5.41) is 25.9. The van der Waals surface area contributed by atoms with Gasteiger partial charge >= 0.3 is 0 Å². The van der Waals surface area contributed by atoms with Crippen LogP contribution in [-0.2, 0) is 17.4 Å². The van der Waals surface area contributed by atoms with Gasteiger partial charge in [0.15, 0.2) is 0 Å². The molecule has 0 bridgehead atoms. The molecule has 4 atom stereocenters. The predicted molar refractivity (Wildman–Crippen MR) is 112 cm³/mol. The van der Waals surface area contributed by atoms with Crippen LogP contribution in [0.2, 0.25) is 0 Å². The number of hydrogen-bond acceptors (Lipinski definition) is 4. The third-order valence-electron chi connectivity index (χ3n) is 7.49. The number of nitrogens with zero attached hydrogens (tertiary/aromatic N) is 1. The van der Waals surface area contributed by atoms with Gasteiger partial charge in [-0.05, 0) is 80.3 Å². The highest BCUT2D eigenvalue weighted by atomic mass is 16.4. The second-order valence-corrected chi connectivity index (χ2v) is 8.93. The second-order valence-electron chi connectivity index (χ2n) is 8.93. The largest absolute Gasteiger partial charge is 0.387 e. The number of hydrogen-bond donors (Lipinski definition) is 3. The van der Waals surface area contributed by atoms with Crippen molar-refractivity contribution in [3.05, 3.63) is 65.0 Å². The van der Waals surface area contributed by atoms with Crippen LogP contribution in [0.3, 0.4) is 0 Å². The lowest BCUT2D eigenvalue weighted by Gasteiger charge is -2.58. The molecule has 0 spiro atoms. The molecule has 154 valence electrons. The number of aromatic nitrogens is 1. The van der Waals surface area contributed by atoms with Gasteiger partial charge in [-0.1, -0.05) is 19.1 Å². The van der Waals surface area contributed by atoms with Crippen molar-refractivity contribution in [2.45, 2.75) is 62.6 Å². The Labute approximate surface area is 172 Å². The van der Waals surface area contributed by atoms with Gasteiger partial charge in [0.2, 0.25) is 0 Å². The maximum Gasteiger partial charge on any atom is 0.251 e. The number of nitrogens with one attached hydrogen (secondary N) is 1. The molecule has 1 amide bonds. The summed E-state index contributed by atoms with van der Waals surface area (Å²) in [4.78, 5) is 16.5. The summed E-state index contributed by atoms with van der Waals surface area (Å²) < 4.78 is 0. The van der Waals surface area contributed by atoms with E-state index < -0.39 is 11.2 Å². The molecule has 1 aromatic heterocycles. The molecule has 1 heterocycles. The fourth-order valence-corrected chi connectivity index (χ4v) is 5.86. The van der Waals surface area contributed by atoms with E-state index in [1.165, 1.54) is 11.1 Å². The predicted octanol–water partition coefficient (Wildman–Crippen LogP) is 3.08. The van der Waals surface area contributed by atoms with Gasteiger partial charge in [0.05, 0.1) is 11.3 Å².